The van der Waals surface area contributed by atoms with Crippen molar-refractivity contribution in [1.29, 1.82) is 0 Å². The van der Waals surface area contributed by atoms with Gasteiger partial charge in [-0.2, -0.15) is 0 Å². The predicted molar refractivity (Wildman–Crippen MR) is 266 cm³/mol. The lowest BCUT2D eigenvalue weighted by Gasteiger charge is -2.18. The van der Waals surface area contributed by atoms with Crippen LogP contribution in [-0.2, 0) is 28.6 Å². The van der Waals surface area contributed by atoms with Crippen molar-refractivity contribution in [3.63, 3.8) is 0 Å². The van der Waals surface area contributed by atoms with Crippen molar-refractivity contribution in [2.75, 3.05) is 13.2 Å². The molecule has 0 bridgehead atoms. The fourth-order valence-corrected chi connectivity index (χ4v) is 8.57. The summed E-state index contributed by atoms with van der Waals surface area (Å²) < 4.78 is 16.8. The van der Waals surface area contributed by atoms with Crippen LogP contribution >= 0.6 is 0 Å². The fourth-order valence-electron chi connectivity index (χ4n) is 8.57. The highest BCUT2D eigenvalue weighted by Gasteiger charge is 2.19. The highest BCUT2D eigenvalue weighted by Crippen LogP contribution is 2.18. The highest BCUT2D eigenvalue weighted by molar-refractivity contribution is 5.71. The molecule has 0 aromatic heterocycles. The normalized spacial score (nSPS) is 12.0. The van der Waals surface area contributed by atoms with Gasteiger partial charge in [0.2, 0.25) is 0 Å². The van der Waals surface area contributed by atoms with E-state index in [0.717, 1.165) is 63.7 Å². The molecule has 0 unspecified atom stereocenters. The van der Waals surface area contributed by atoms with Gasteiger partial charge in [0, 0.05) is 19.3 Å². The molecule has 0 radical (unpaired) electrons. The Morgan fingerprint density at radius 2 is 0.532 bits per heavy atom. The molecule has 6 heteroatoms. The molecular formula is C56H108O6. The van der Waals surface area contributed by atoms with Crippen LogP contribution in [0.4, 0.5) is 0 Å². The summed E-state index contributed by atoms with van der Waals surface area (Å²) in [5.74, 6) is -0.0319. The van der Waals surface area contributed by atoms with Crippen LogP contribution in [-0.4, -0.2) is 37.2 Å². The maximum Gasteiger partial charge on any atom is 0.306 e. The quantitative estimate of drug-likeness (QED) is 0.0344. The van der Waals surface area contributed by atoms with Gasteiger partial charge in [0.1, 0.15) is 13.2 Å². The lowest BCUT2D eigenvalue weighted by atomic mass is 10.0. The van der Waals surface area contributed by atoms with Gasteiger partial charge in [0.25, 0.3) is 0 Å². The molecule has 0 saturated heterocycles. The first-order valence-corrected chi connectivity index (χ1v) is 27.9. The average Bonchev–Trinajstić information content (AvgIpc) is 3.26. The van der Waals surface area contributed by atoms with Gasteiger partial charge in [0.15, 0.2) is 6.10 Å². The smallest absolute Gasteiger partial charge is 0.306 e. The Morgan fingerprint density at radius 3 is 0.790 bits per heavy atom. The molecule has 0 aliphatic rings. The zero-order chi connectivity index (χ0) is 45.2. The molecule has 1 atom stereocenters. The van der Waals surface area contributed by atoms with E-state index < -0.39 is 6.10 Å². The van der Waals surface area contributed by atoms with Gasteiger partial charge in [0.05, 0.1) is 0 Å². The Bertz CT molecular complexity index is 933. The van der Waals surface area contributed by atoms with Crippen LogP contribution in [0.25, 0.3) is 0 Å². The van der Waals surface area contributed by atoms with E-state index in [0.29, 0.717) is 19.3 Å². The Morgan fingerprint density at radius 1 is 0.306 bits per heavy atom. The van der Waals surface area contributed by atoms with E-state index in [4.69, 9.17) is 14.2 Å². The van der Waals surface area contributed by atoms with E-state index in [2.05, 4.69) is 27.7 Å². The van der Waals surface area contributed by atoms with E-state index in [9.17, 15) is 14.4 Å². The maximum atomic E-state index is 12.8. The predicted octanol–water partition coefficient (Wildman–Crippen LogP) is 18.2. The zero-order valence-corrected chi connectivity index (χ0v) is 42.3. The van der Waals surface area contributed by atoms with Crippen molar-refractivity contribution >= 4 is 17.9 Å². The molecule has 0 fully saturated rings. The first-order chi connectivity index (χ1) is 30.4. The molecule has 0 aromatic rings. The van der Waals surface area contributed by atoms with Gasteiger partial charge >= 0.3 is 17.9 Å². The topological polar surface area (TPSA) is 78.9 Å². The third-order valence-electron chi connectivity index (χ3n) is 12.8. The third kappa shape index (κ3) is 49.4. The number of esters is 3. The van der Waals surface area contributed by atoms with Crippen molar-refractivity contribution in [3.8, 4) is 0 Å². The Labute approximate surface area is 387 Å². The molecule has 0 heterocycles. The molecule has 0 aliphatic heterocycles. The molecular weight excluding hydrogens is 769 g/mol. The van der Waals surface area contributed by atoms with Gasteiger partial charge in [-0.05, 0) is 25.2 Å². The van der Waals surface area contributed by atoms with Gasteiger partial charge in [-0.1, -0.05) is 278 Å². The number of hydrogen-bond donors (Lipinski definition) is 0. The summed E-state index contributed by atoms with van der Waals surface area (Å²) in [7, 11) is 0. The van der Waals surface area contributed by atoms with Crippen LogP contribution in [0.3, 0.4) is 0 Å². The van der Waals surface area contributed by atoms with Crippen molar-refractivity contribution in [1.82, 2.24) is 0 Å². The highest BCUT2D eigenvalue weighted by atomic mass is 16.6. The van der Waals surface area contributed by atoms with Crippen molar-refractivity contribution in [2.24, 2.45) is 5.92 Å². The molecule has 0 amide bonds. The number of unbranched alkanes of at least 4 members (excludes halogenated alkanes) is 38. The van der Waals surface area contributed by atoms with Crippen molar-refractivity contribution < 1.29 is 28.6 Å². The summed E-state index contributed by atoms with van der Waals surface area (Å²) >= 11 is 0. The third-order valence-corrected chi connectivity index (χ3v) is 12.8. The molecule has 0 aliphatic carbocycles. The summed E-state index contributed by atoms with van der Waals surface area (Å²) in [6, 6.07) is 0. The van der Waals surface area contributed by atoms with E-state index in [1.807, 2.05) is 0 Å². The lowest BCUT2D eigenvalue weighted by molar-refractivity contribution is -0.167. The molecule has 62 heavy (non-hydrogen) atoms. The van der Waals surface area contributed by atoms with E-state index in [-0.39, 0.29) is 31.1 Å². The van der Waals surface area contributed by atoms with Crippen LogP contribution in [0.15, 0.2) is 0 Å². The van der Waals surface area contributed by atoms with Crippen molar-refractivity contribution in [2.45, 2.75) is 323 Å². The SMILES string of the molecule is CCCCCCCCCCCCCCCCCCCCCC(=O)O[C@H](COC(=O)CCCCCCCCCCCCCCC)COC(=O)CCCCCCCCCCCC(C)C. The maximum absolute atomic E-state index is 12.8. The van der Waals surface area contributed by atoms with Crippen molar-refractivity contribution in [3.05, 3.63) is 0 Å². The minimum atomic E-state index is -0.761. The number of carbonyl (C=O) groups excluding carboxylic acids is 3. The Hall–Kier alpha value is -1.59. The largest absolute Gasteiger partial charge is 0.462 e. The van der Waals surface area contributed by atoms with E-state index in [1.165, 1.54) is 212 Å². The Balaban J connectivity index is 4.27. The second-order valence-electron chi connectivity index (χ2n) is 19.7. The standard InChI is InChI=1S/C56H108O6/c1-5-7-9-11-13-15-17-19-20-21-22-23-24-26-28-32-37-41-45-49-56(59)62-53(51-61-55(58)48-44-40-36-33-29-30-34-38-42-46-52(3)4)50-60-54(57)47-43-39-35-31-27-25-18-16-14-12-10-8-6-2/h52-53H,5-51H2,1-4H3/t53-/m1/s1. The molecule has 0 N–H and O–H groups in total. The number of rotatable bonds is 51. The molecule has 0 rings (SSSR count). The van der Waals surface area contributed by atoms with E-state index >= 15 is 0 Å². The summed E-state index contributed by atoms with van der Waals surface area (Å²) in [6.45, 7) is 9.02. The first-order valence-electron chi connectivity index (χ1n) is 27.9. The number of ether oxygens (including phenoxy) is 3. The van der Waals surface area contributed by atoms with Crippen LogP contribution < -0.4 is 0 Å². The van der Waals surface area contributed by atoms with E-state index in [1.54, 1.807) is 0 Å². The second kappa shape index (κ2) is 50.4. The van der Waals surface area contributed by atoms with Gasteiger partial charge < -0.3 is 14.2 Å². The summed E-state index contributed by atoms with van der Waals surface area (Å²) in [6.07, 6.45) is 53.8. The summed E-state index contributed by atoms with van der Waals surface area (Å²) in [4.78, 5) is 38.0. The van der Waals surface area contributed by atoms with Crippen LogP contribution in [0.5, 0.6) is 0 Å². The minimum Gasteiger partial charge on any atom is -0.462 e. The average molecular weight is 877 g/mol. The minimum absolute atomic E-state index is 0.0625. The van der Waals surface area contributed by atoms with Crippen LogP contribution in [0.1, 0.15) is 317 Å². The van der Waals surface area contributed by atoms with Gasteiger partial charge in [-0.3, -0.25) is 14.4 Å². The first kappa shape index (κ1) is 60.4. The number of hydrogen-bond acceptors (Lipinski definition) is 6. The summed E-state index contributed by atoms with van der Waals surface area (Å²) in [5.41, 5.74) is 0. The Kier molecular flexibility index (Phi) is 49.1. The monoisotopic (exact) mass is 877 g/mol. The van der Waals surface area contributed by atoms with Crippen LogP contribution in [0, 0.1) is 5.92 Å². The molecule has 368 valence electrons. The molecule has 0 saturated carbocycles. The molecule has 6 nitrogen and oxygen atoms in total. The zero-order valence-electron chi connectivity index (χ0n) is 42.3. The number of carbonyl (C=O) groups is 3. The van der Waals surface area contributed by atoms with Crippen LogP contribution in [0.2, 0.25) is 0 Å². The second-order valence-corrected chi connectivity index (χ2v) is 19.7. The van der Waals surface area contributed by atoms with Gasteiger partial charge in [-0.15, -0.1) is 0 Å². The molecule has 0 spiro atoms. The lowest BCUT2D eigenvalue weighted by Crippen LogP contribution is -2.30. The fraction of sp³-hybridized carbons (Fsp3) is 0.946. The van der Waals surface area contributed by atoms with Gasteiger partial charge in [-0.25, -0.2) is 0 Å². The summed E-state index contributed by atoms with van der Waals surface area (Å²) in [5, 5.41) is 0. The molecule has 0 aromatic carbocycles.